The van der Waals surface area contributed by atoms with Crippen molar-refractivity contribution in [3.63, 3.8) is 0 Å². The Balaban J connectivity index is 2.32. The zero-order valence-corrected chi connectivity index (χ0v) is 13.3. The number of rotatable bonds is 5. The number of carboxylic acid groups (broad SMARTS) is 1. The fraction of sp³-hybridized carbons (Fsp3) is 0.222. The molecule has 6 nitrogen and oxygen atoms in total. The Kier molecular flexibility index (Phi) is 4.78. The monoisotopic (exact) mass is 330 g/mol. The average molecular weight is 330 g/mol. The van der Waals surface area contributed by atoms with Gasteiger partial charge in [-0.15, -0.1) is 0 Å². The minimum atomic E-state index is -1.99. The van der Waals surface area contributed by atoms with E-state index in [1.807, 2.05) is 6.07 Å². The fourth-order valence-electron chi connectivity index (χ4n) is 2.21. The SMILES string of the molecule is CC(C(=O)OC(C)(C(=O)O)c1ccc(O)c(O)c1)c1ccccc1. The first-order chi connectivity index (χ1) is 11.3. The third-order valence-corrected chi connectivity index (χ3v) is 3.89. The van der Waals surface area contributed by atoms with E-state index in [2.05, 4.69) is 0 Å². The second kappa shape index (κ2) is 6.62. The number of aliphatic carboxylic acids is 1. The molecule has 0 saturated carbocycles. The first-order valence-corrected chi connectivity index (χ1v) is 7.29. The number of hydrogen-bond acceptors (Lipinski definition) is 5. The minimum Gasteiger partial charge on any atom is -0.504 e. The molecule has 0 aromatic heterocycles. The van der Waals surface area contributed by atoms with Crippen LogP contribution in [0.5, 0.6) is 11.5 Å². The zero-order valence-electron chi connectivity index (χ0n) is 13.3. The molecule has 6 heteroatoms. The molecular formula is C18H18O6. The molecule has 0 aliphatic carbocycles. The van der Waals surface area contributed by atoms with Crippen molar-refractivity contribution in [2.75, 3.05) is 0 Å². The minimum absolute atomic E-state index is 0.0407. The van der Waals surface area contributed by atoms with Crippen LogP contribution in [0.2, 0.25) is 0 Å². The smallest absolute Gasteiger partial charge is 0.352 e. The number of esters is 1. The van der Waals surface area contributed by atoms with Crippen LogP contribution in [0.15, 0.2) is 48.5 Å². The molecule has 0 fully saturated rings. The van der Waals surface area contributed by atoms with E-state index in [0.717, 1.165) is 12.1 Å². The van der Waals surface area contributed by atoms with Gasteiger partial charge in [-0.25, -0.2) is 4.79 Å². The van der Waals surface area contributed by atoms with Crippen molar-refractivity contribution in [3.05, 3.63) is 59.7 Å². The molecular weight excluding hydrogens is 312 g/mol. The molecule has 0 saturated heterocycles. The van der Waals surface area contributed by atoms with Gasteiger partial charge >= 0.3 is 11.9 Å². The van der Waals surface area contributed by atoms with E-state index < -0.39 is 35.0 Å². The van der Waals surface area contributed by atoms with Gasteiger partial charge in [-0.05, 0) is 31.5 Å². The topological polar surface area (TPSA) is 104 Å². The van der Waals surface area contributed by atoms with Gasteiger partial charge in [0.1, 0.15) is 0 Å². The zero-order chi connectivity index (χ0) is 17.9. The average Bonchev–Trinajstić information content (AvgIpc) is 2.57. The van der Waals surface area contributed by atoms with Crippen LogP contribution in [0.3, 0.4) is 0 Å². The summed E-state index contributed by atoms with van der Waals surface area (Å²) in [5, 5.41) is 28.5. The van der Waals surface area contributed by atoms with Crippen LogP contribution < -0.4 is 0 Å². The predicted octanol–water partition coefficient (Wildman–Crippen LogP) is 2.74. The van der Waals surface area contributed by atoms with E-state index in [0.29, 0.717) is 5.56 Å². The number of phenols is 2. The van der Waals surface area contributed by atoms with Gasteiger partial charge in [-0.2, -0.15) is 0 Å². The van der Waals surface area contributed by atoms with E-state index in [1.54, 1.807) is 31.2 Å². The normalized spacial score (nSPS) is 14.4. The van der Waals surface area contributed by atoms with Crippen molar-refractivity contribution in [2.45, 2.75) is 25.4 Å². The molecule has 0 heterocycles. The van der Waals surface area contributed by atoms with Gasteiger partial charge in [-0.1, -0.05) is 36.4 Å². The number of phenolic OH excluding ortho intramolecular Hbond substituents is 2. The van der Waals surface area contributed by atoms with Crippen molar-refractivity contribution in [2.24, 2.45) is 0 Å². The summed E-state index contributed by atoms with van der Waals surface area (Å²) in [6.45, 7) is 2.84. The molecule has 0 bridgehead atoms. The molecule has 2 rings (SSSR count). The van der Waals surface area contributed by atoms with Crippen LogP contribution in [-0.4, -0.2) is 27.3 Å². The molecule has 2 unspecified atom stereocenters. The summed E-state index contributed by atoms with van der Waals surface area (Å²) in [6, 6.07) is 12.3. The maximum absolute atomic E-state index is 12.4. The highest BCUT2D eigenvalue weighted by Gasteiger charge is 2.41. The molecule has 2 atom stereocenters. The van der Waals surface area contributed by atoms with Crippen LogP contribution in [0.1, 0.15) is 30.9 Å². The van der Waals surface area contributed by atoms with Crippen molar-refractivity contribution >= 4 is 11.9 Å². The van der Waals surface area contributed by atoms with Gasteiger partial charge < -0.3 is 20.1 Å². The Bertz CT molecular complexity index is 755. The van der Waals surface area contributed by atoms with Crippen LogP contribution >= 0.6 is 0 Å². The molecule has 24 heavy (non-hydrogen) atoms. The molecule has 0 spiro atoms. The van der Waals surface area contributed by atoms with Gasteiger partial charge in [-0.3, -0.25) is 4.79 Å². The number of carbonyl (C=O) groups excluding carboxylic acids is 1. The standard InChI is InChI=1S/C18H18O6/c1-11(12-6-4-3-5-7-12)16(21)24-18(2,17(22)23)13-8-9-14(19)15(20)10-13/h3-11,19-20H,1-2H3,(H,22,23). The van der Waals surface area contributed by atoms with E-state index >= 15 is 0 Å². The summed E-state index contributed by atoms with van der Waals surface area (Å²) < 4.78 is 5.27. The maximum Gasteiger partial charge on any atom is 0.352 e. The number of carbonyl (C=O) groups is 2. The molecule has 0 radical (unpaired) electrons. The molecule has 3 N–H and O–H groups in total. The van der Waals surface area contributed by atoms with Crippen LogP contribution in [0.4, 0.5) is 0 Å². The molecule has 2 aromatic rings. The first-order valence-electron chi connectivity index (χ1n) is 7.29. The van der Waals surface area contributed by atoms with E-state index in [1.165, 1.54) is 13.0 Å². The first kappa shape index (κ1) is 17.3. The van der Waals surface area contributed by atoms with Crippen molar-refractivity contribution in [1.82, 2.24) is 0 Å². The lowest BCUT2D eigenvalue weighted by atomic mass is 9.94. The van der Waals surface area contributed by atoms with Crippen LogP contribution in [-0.2, 0) is 19.9 Å². The largest absolute Gasteiger partial charge is 0.504 e. The fourth-order valence-corrected chi connectivity index (χ4v) is 2.21. The van der Waals surface area contributed by atoms with E-state index in [9.17, 15) is 24.9 Å². The summed E-state index contributed by atoms with van der Waals surface area (Å²) >= 11 is 0. The Morgan fingerprint density at radius 3 is 2.21 bits per heavy atom. The number of carboxylic acids is 1. The molecule has 0 amide bonds. The van der Waals surface area contributed by atoms with Crippen molar-refractivity contribution in [1.29, 1.82) is 0 Å². The number of benzene rings is 2. The highest BCUT2D eigenvalue weighted by atomic mass is 16.6. The third kappa shape index (κ3) is 3.32. The predicted molar refractivity (Wildman–Crippen MR) is 85.7 cm³/mol. The lowest BCUT2D eigenvalue weighted by Crippen LogP contribution is -2.38. The van der Waals surface area contributed by atoms with Crippen molar-refractivity contribution in [3.8, 4) is 11.5 Å². The number of hydrogen-bond donors (Lipinski definition) is 3. The summed E-state index contributed by atoms with van der Waals surface area (Å²) in [4.78, 5) is 24.1. The lowest BCUT2D eigenvalue weighted by molar-refractivity contribution is -0.179. The van der Waals surface area contributed by atoms with E-state index in [4.69, 9.17) is 4.74 Å². The summed E-state index contributed by atoms with van der Waals surface area (Å²) in [7, 11) is 0. The van der Waals surface area contributed by atoms with Gasteiger partial charge in [0.15, 0.2) is 11.5 Å². The molecule has 2 aromatic carbocycles. The quantitative estimate of drug-likeness (QED) is 0.575. The van der Waals surface area contributed by atoms with Crippen molar-refractivity contribution < 1.29 is 29.6 Å². The number of ether oxygens (including phenoxy) is 1. The van der Waals surface area contributed by atoms with E-state index in [-0.39, 0.29) is 5.56 Å². The second-order valence-corrected chi connectivity index (χ2v) is 5.60. The molecule has 0 aliphatic rings. The Hall–Kier alpha value is -3.02. The molecule has 0 aliphatic heterocycles. The van der Waals surface area contributed by atoms with Gasteiger partial charge in [0.2, 0.25) is 5.60 Å². The highest BCUT2D eigenvalue weighted by molar-refractivity contribution is 5.85. The van der Waals surface area contributed by atoms with Gasteiger partial charge in [0.25, 0.3) is 0 Å². The maximum atomic E-state index is 12.4. The highest BCUT2D eigenvalue weighted by Crippen LogP contribution is 2.34. The second-order valence-electron chi connectivity index (χ2n) is 5.60. The Morgan fingerprint density at radius 2 is 1.67 bits per heavy atom. The lowest BCUT2D eigenvalue weighted by Gasteiger charge is -2.27. The van der Waals surface area contributed by atoms with Crippen LogP contribution in [0, 0.1) is 0 Å². The van der Waals surface area contributed by atoms with Gasteiger partial charge in [0.05, 0.1) is 5.92 Å². The number of aromatic hydroxyl groups is 2. The van der Waals surface area contributed by atoms with Gasteiger partial charge in [0, 0.05) is 5.56 Å². The summed E-state index contributed by atoms with van der Waals surface area (Å²) in [5.74, 6) is -3.64. The Labute approximate surface area is 138 Å². The summed E-state index contributed by atoms with van der Waals surface area (Å²) in [6.07, 6.45) is 0. The van der Waals surface area contributed by atoms with Crippen LogP contribution in [0.25, 0.3) is 0 Å². The third-order valence-electron chi connectivity index (χ3n) is 3.89. The Morgan fingerprint density at radius 1 is 1.04 bits per heavy atom. The molecule has 126 valence electrons. The summed E-state index contributed by atoms with van der Waals surface area (Å²) in [5.41, 5.74) is -1.26.